The summed E-state index contributed by atoms with van der Waals surface area (Å²) in [5, 5.41) is 0. The highest BCUT2D eigenvalue weighted by Crippen LogP contribution is 2.42. The first-order valence-corrected chi connectivity index (χ1v) is 9.17. The number of hydrogen-bond donors (Lipinski definition) is 1. The Morgan fingerprint density at radius 2 is 1.79 bits per heavy atom. The molecule has 2 bridgehead atoms. The van der Waals surface area contributed by atoms with Crippen LogP contribution in [0, 0.1) is 17.8 Å². The molecule has 2 N–H and O–H groups in total. The van der Waals surface area contributed by atoms with Crippen LogP contribution in [0.1, 0.15) is 50.6 Å². The number of amides is 1. The van der Waals surface area contributed by atoms with Crippen LogP contribution in [0.25, 0.3) is 0 Å². The van der Waals surface area contributed by atoms with E-state index in [0.717, 1.165) is 24.2 Å². The molecule has 2 aliphatic rings. The summed E-state index contributed by atoms with van der Waals surface area (Å²) in [6.07, 6.45) is 5.60. The minimum atomic E-state index is 0.0684. The van der Waals surface area contributed by atoms with Crippen LogP contribution in [0.2, 0.25) is 0 Å². The van der Waals surface area contributed by atoms with Gasteiger partial charge in [0, 0.05) is 19.0 Å². The third kappa shape index (κ3) is 3.30. The molecule has 24 heavy (non-hydrogen) atoms. The van der Waals surface area contributed by atoms with Gasteiger partial charge in [0.25, 0.3) is 0 Å². The van der Waals surface area contributed by atoms with Gasteiger partial charge in [-0.2, -0.15) is 0 Å². The fraction of sp³-hybridized carbons (Fsp3) is 0.650. The summed E-state index contributed by atoms with van der Waals surface area (Å²) in [6, 6.07) is 8.37. The highest BCUT2D eigenvalue weighted by molar-refractivity contribution is 5.79. The molecule has 1 aromatic carbocycles. The Hall–Kier alpha value is -1.55. The van der Waals surface area contributed by atoms with Gasteiger partial charge in [0.15, 0.2) is 0 Å². The molecular formula is C20H30N2O2. The third-order valence-corrected chi connectivity index (χ3v) is 6.29. The van der Waals surface area contributed by atoms with Gasteiger partial charge in [0.05, 0.1) is 13.2 Å². The predicted molar refractivity (Wildman–Crippen MR) is 95.7 cm³/mol. The summed E-state index contributed by atoms with van der Waals surface area (Å²) < 4.78 is 5.21. The van der Waals surface area contributed by atoms with Crippen molar-refractivity contribution in [3.63, 3.8) is 0 Å². The van der Waals surface area contributed by atoms with Crippen molar-refractivity contribution in [1.29, 1.82) is 0 Å². The molecule has 3 rings (SSSR count). The van der Waals surface area contributed by atoms with Crippen molar-refractivity contribution in [3.05, 3.63) is 29.8 Å². The molecule has 0 saturated heterocycles. The molecule has 2 fully saturated rings. The maximum Gasteiger partial charge on any atom is 0.225 e. The summed E-state index contributed by atoms with van der Waals surface area (Å²) in [5.74, 6) is 2.34. The van der Waals surface area contributed by atoms with E-state index in [4.69, 9.17) is 10.5 Å². The highest BCUT2D eigenvalue weighted by atomic mass is 16.5. The lowest BCUT2D eigenvalue weighted by atomic mass is 9.65. The molecule has 4 nitrogen and oxygen atoms in total. The number of carbonyl (C=O) groups excluding carboxylic acids is 1. The maximum atomic E-state index is 13.0. The summed E-state index contributed by atoms with van der Waals surface area (Å²) >= 11 is 0. The van der Waals surface area contributed by atoms with E-state index in [-0.39, 0.29) is 17.9 Å². The zero-order chi connectivity index (χ0) is 17.3. The smallest absolute Gasteiger partial charge is 0.225 e. The standard InChI is InChI=1S/C20H30N2O2/c1-13(14-7-9-18(24-3)10-8-14)22(2)20(23)17-11-15-5-4-6-16(12-17)19(15)21/h7-10,13,15-17,19H,4-6,11-12,21H2,1-3H3. The van der Waals surface area contributed by atoms with E-state index in [2.05, 4.69) is 6.92 Å². The molecule has 1 amide bonds. The Labute approximate surface area is 145 Å². The molecule has 0 radical (unpaired) electrons. The van der Waals surface area contributed by atoms with Crippen LogP contribution in [0.15, 0.2) is 24.3 Å². The van der Waals surface area contributed by atoms with Gasteiger partial charge in [-0.1, -0.05) is 18.6 Å². The van der Waals surface area contributed by atoms with Gasteiger partial charge in [-0.15, -0.1) is 0 Å². The summed E-state index contributed by atoms with van der Waals surface area (Å²) in [6.45, 7) is 2.09. The van der Waals surface area contributed by atoms with Crippen LogP contribution in [0.5, 0.6) is 5.75 Å². The zero-order valence-electron chi connectivity index (χ0n) is 15.1. The molecule has 132 valence electrons. The summed E-state index contributed by atoms with van der Waals surface area (Å²) in [5.41, 5.74) is 7.50. The Morgan fingerprint density at radius 3 is 2.33 bits per heavy atom. The topological polar surface area (TPSA) is 55.6 Å². The number of nitrogens with zero attached hydrogens (tertiary/aromatic N) is 1. The van der Waals surface area contributed by atoms with Crippen molar-refractivity contribution < 1.29 is 9.53 Å². The van der Waals surface area contributed by atoms with Crippen molar-refractivity contribution >= 4 is 5.91 Å². The molecule has 1 aromatic rings. The molecular weight excluding hydrogens is 300 g/mol. The van der Waals surface area contributed by atoms with Crippen LogP contribution < -0.4 is 10.5 Å². The number of ether oxygens (including phenoxy) is 1. The number of benzene rings is 1. The average Bonchev–Trinajstić information content (AvgIpc) is 2.59. The van der Waals surface area contributed by atoms with Crippen molar-refractivity contribution in [2.45, 2.75) is 51.1 Å². The van der Waals surface area contributed by atoms with E-state index in [1.54, 1.807) is 7.11 Å². The number of carbonyl (C=O) groups is 1. The first kappa shape index (κ1) is 17.3. The number of hydrogen-bond acceptors (Lipinski definition) is 3. The van der Waals surface area contributed by atoms with Crippen LogP contribution in [0.4, 0.5) is 0 Å². The van der Waals surface area contributed by atoms with E-state index in [0.29, 0.717) is 17.9 Å². The lowest BCUT2D eigenvalue weighted by Gasteiger charge is -2.44. The van der Waals surface area contributed by atoms with Gasteiger partial charge in [-0.25, -0.2) is 0 Å². The first-order valence-electron chi connectivity index (χ1n) is 9.17. The van der Waals surface area contributed by atoms with Crippen molar-refractivity contribution in [2.24, 2.45) is 23.5 Å². The Bertz CT molecular complexity index is 558. The van der Waals surface area contributed by atoms with Gasteiger partial charge in [-0.05, 0) is 62.1 Å². The Kier molecular flexibility index (Phi) is 5.14. The zero-order valence-corrected chi connectivity index (χ0v) is 15.1. The molecule has 0 aliphatic heterocycles. The van der Waals surface area contributed by atoms with E-state index in [1.807, 2.05) is 36.2 Å². The lowest BCUT2D eigenvalue weighted by Crippen LogP contribution is -2.49. The predicted octanol–water partition coefficient (Wildman–Crippen LogP) is 3.37. The number of methoxy groups -OCH3 is 1. The van der Waals surface area contributed by atoms with Crippen LogP contribution in [-0.4, -0.2) is 31.0 Å². The fourth-order valence-electron chi connectivity index (χ4n) is 4.58. The van der Waals surface area contributed by atoms with Crippen LogP contribution >= 0.6 is 0 Å². The van der Waals surface area contributed by atoms with Crippen LogP contribution in [-0.2, 0) is 4.79 Å². The summed E-state index contributed by atoms with van der Waals surface area (Å²) in [7, 11) is 3.60. The van der Waals surface area contributed by atoms with E-state index in [9.17, 15) is 4.79 Å². The van der Waals surface area contributed by atoms with Gasteiger partial charge in [-0.3, -0.25) is 4.79 Å². The Morgan fingerprint density at radius 1 is 1.21 bits per heavy atom. The fourth-order valence-corrected chi connectivity index (χ4v) is 4.58. The monoisotopic (exact) mass is 330 g/mol. The molecule has 0 aromatic heterocycles. The van der Waals surface area contributed by atoms with Gasteiger partial charge >= 0.3 is 0 Å². The van der Waals surface area contributed by atoms with E-state index < -0.39 is 0 Å². The lowest BCUT2D eigenvalue weighted by molar-refractivity contribution is -0.139. The molecule has 0 heterocycles. The average molecular weight is 330 g/mol. The number of rotatable bonds is 4. The minimum absolute atomic E-state index is 0.0684. The third-order valence-electron chi connectivity index (χ3n) is 6.29. The van der Waals surface area contributed by atoms with E-state index >= 15 is 0 Å². The summed E-state index contributed by atoms with van der Waals surface area (Å²) in [4.78, 5) is 14.9. The minimum Gasteiger partial charge on any atom is -0.497 e. The molecule has 2 aliphatic carbocycles. The highest BCUT2D eigenvalue weighted by Gasteiger charge is 2.41. The van der Waals surface area contributed by atoms with Crippen molar-refractivity contribution in [3.8, 4) is 5.75 Å². The SMILES string of the molecule is COc1ccc(C(C)N(C)C(=O)C2CC3CCCC(C2)C3N)cc1. The molecule has 3 unspecified atom stereocenters. The quantitative estimate of drug-likeness (QED) is 0.921. The second kappa shape index (κ2) is 7.14. The Balaban J connectivity index is 1.67. The first-order chi connectivity index (χ1) is 11.5. The second-order valence-electron chi connectivity index (χ2n) is 7.60. The second-order valence-corrected chi connectivity index (χ2v) is 7.60. The van der Waals surface area contributed by atoms with Gasteiger partial charge in [0.1, 0.15) is 5.75 Å². The van der Waals surface area contributed by atoms with E-state index in [1.165, 1.54) is 19.3 Å². The molecule has 2 saturated carbocycles. The largest absolute Gasteiger partial charge is 0.497 e. The number of nitrogens with two attached hydrogens (primary N) is 1. The van der Waals surface area contributed by atoms with Gasteiger partial charge in [0.2, 0.25) is 5.91 Å². The van der Waals surface area contributed by atoms with Gasteiger partial charge < -0.3 is 15.4 Å². The molecule has 0 spiro atoms. The van der Waals surface area contributed by atoms with Crippen molar-refractivity contribution in [1.82, 2.24) is 4.90 Å². The maximum absolute atomic E-state index is 13.0. The normalized spacial score (nSPS) is 30.5. The molecule has 3 atom stereocenters. The molecule has 4 heteroatoms. The van der Waals surface area contributed by atoms with Crippen molar-refractivity contribution in [2.75, 3.05) is 14.2 Å². The van der Waals surface area contributed by atoms with Crippen LogP contribution in [0.3, 0.4) is 0 Å². The number of fused-ring (bicyclic) bond motifs is 2.